The van der Waals surface area contributed by atoms with Gasteiger partial charge in [0.1, 0.15) is 11.5 Å². The van der Waals surface area contributed by atoms with Crippen molar-refractivity contribution in [3.8, 4) is 0 Å². The van der Waals surface area contributed by atoms with Gasteiger partial charge in [0.15, 0.2) is 0 Å². The van der Waals surface area contributed by atoms with Crippen molar-refractivity contribution in [1.82, 2.24) is 20.3 Å². The Bertz CT molecular complexity index is 659. The normalized spacial score (nSPS) is 17.5. The zero-order valence-electron chi connectivity index (χ0n) is 14.0. The standard InChI is InChI=1S/C18H23N5O/c1-2-15-5-3-4-10-23(15)17-13-20-16(12-21-17)18(24)22-11-14-6-8-19-9-7-14/h6-9,12-13,15H,2-5,10-11H2,1H3,(H,22,24). The van der Waals surface area contributed by atoms with Crippen LogP contribution in [0, 0.1) is 0 Å². The van der Waals surface area contributed by atoms with E-state index in [4.69, 9.17) is 0 Å². The Morgan fingerprint density at radius 3 is 2.79 bits per heavy atom. The van der Waals surface area contributed by atoms with Crippen LogP contribution in [0.4, 0.5) is 5.82 Å². The molecule has 1 aliphatic heterocycles. The van der Waals surface area contributed by atoms with Crippen molar-refractivity contribution in [1.29, 1.82) is 0 Å². The van der Waals surface area contributed by atoms with Gasteiger partial charge in [0.05, 0.1) is 12.4 Å². The highest BCUT2D eigenvalue weighted by Crippen LogP contribution is 2.24. The van der Waals surface area contributed by atoms with E-state index in [9.17, 15) is 4.79 Å². The molecule has 1 saturated heterocycles. The first-order chi connectivity index (χ1) is 11.8. The zero-order valence-corrected chi connectivity index (χ0v) is 14.0. The maximum Gasteiger partial charge on any atom is 0.271 e. The SMILES string of the molecule is CCC1CCCCN1c1cnc(C(=O)NCc2ccncc2)cn1. The number of hydrogen-bond donors (Lipinski definition) is 1. The highest BCUT2D eigenvalue weighted by Gasteiger charge is 2.22. The summed E-state index contributed by atoms with van der Waals surface area (Å²) in [4.78, 5) is 27.2. The van der Waals surface area contributed by atoms with Crippen molar-refractivity contribution >= 4 is 11.7 Å². The van der Waals surface area contributed by atoms with Crippen molar-refractivity contribution in [2.75, 3.05) is 11.4 Å². The molecule has 6 nitrogen and oxygen atoms in total. The number of aromatic nitrogens is 3. The van der Waals surface area contributed by atoms with Gasteiger partial charge >= 0.3 is 0 Å². The number of amides is 1. The molecule has 3 rings (SSSR count). The molecular weight excluding hydrogens is 302 g/mol. The molecule has 2 aromatic heterocycles. The summed E-state index contributed by atoms with van der Waals surface area (Å²) in [5, 5.41) is 2.85. The third kappa shape index (κ3) is 3.88. The van der Waals surface area contributed by atoms with E-state index in [0.29, 0.717) is 18.3 Å². The summed E-state index contributed by atoms with van der Waals surface area (Å²) in [5.74, 6) is 0.656. The first-order valence-electron chi connectivity index (χ1n) is 8.53. The number of hydrogen-bond acceptors (Lipinski definition) is 5. The minimum Gasteiger partial charge on any atom is -0.352 e. The molecule has 126 valence electrons. The molecular formula is C18H23N5O. The summed E-state index contributed by atoms with van der Waals surface area (Å²) in [6.45, 7) is 3.67. The fourth-order valence-electron chi connectivity index (χ4n) is 3.09. The lowest BCUT2D eigenvalue weighted by atomic mass is 10.0. The number of nitrogens with zero attached hydrogens (tertiary/aromatic N) is 4. The van der Waals surface area contributed by atoms with E-state index in [2.05, 4.69) is 32.1 Å². The molecule has 1 N–H and O–H groups in total. The predicted octanol–water partition coefficient (Wildman–Crippen LogP) is 2.57. The predicted molar refractivity (Wildman–Crippen MR) is 92.7 cm³/mol. The summed E-state index contributed by atoms with van der Waals surface area (Å²) in [5.41, 5.74) is 1.35. The zero-order chi connectivity index (χ0) is 16.8. The molecule has 1 unspecified atom stereocenters. The van der Waals surface area contributed by atoms with E-state index in [1.807, 2.05) is 12.1 Å². The highest BCUT2D eigenvalue weighted by molar-refractivity contribution is 5.91. The van der Waals surface area contributed by atoms with Crippen molar-refractivity contribution in [3.05, 3.63) is 48.2 Å². The highest BCUT2D eigenvalue weighted by atomic mass is 16.1. The van der Waals surface area contributed by atoms with Crippen molar-refractivity contribution in [2.45, 2.75) is 45.2 Å². The Morgan fingerprint density at radius 2 is 2.08 bits per heavy atom. The molecule has 3 heterocycles. The number of rotatable bonds is 5. The Kier molecular flexibility index (Phi) is 5.36. The van der Waals surface area contributed by atoms with E-state index >= 15 is 0 Å². The second-order valence-corrected chi connectivity index (χ2v) is 6.05. The topological polar surface area (TPSA) is 71.0 Å². The van der Waals surface area contributed by atoms with Crippen LogP contribution in [0.15, 0.2) is 36.9 Å². The van der Waals surface area contributed by atoms with Crippen LogP contribution < -0.4 is 10.2 Å². The molecule has 6 heteroatoms. The maximum absolute atomic E-state index is 12.2. The summed E-state index contributed by atoms with van der Waals surface area (Å²) >= 11 is 0. The molecule has 0 saturated carbocycles. The summed E-state index contributed by atoms with van der Waals surface area (Å²) < 4.78 is 0. The van der Waals surface area contributed by atoms with Crippen LogP contribution in [0.25, 0.3) is 0 Å². The maximum atomic E-state index is 12.2. The van der Waals surface area contributed by atoms with Gasteiger partial charge < -0.3 is 10.2 Å². The van der Waals surface area contributed by atoms with Gasteiger partial charge in [-0.15, -0.1) is 0 Å². The van der Waals surface area contributed by atoms with E-state index in [-0.39, 0.29) is 5.91 Å². The van der Waals surface area contributed by atoms with E-state index < -0.39 is 0 Å². The van der Waals surface area contributed by atoms with Gasteiger partial charge in [-0.1, -0.05) is 6.92 Å². The van der Waals surface area contributed by atoms with Crippen LogP contribution in [0.5, 0.6) is 0 Å². The molecule has 0 bridgehead atoms. The molecule has 1 amide bonds. The third-order valence-electron chi connectivity index (χ3n) is 4.47. The number of carbonyl (C=O) groups is 1. The third-order valence-corrected chi connectivity index (χ3v) is 4.47. The van der Waals surface area contributed by atoms with Gasteiger partial charge in [-0.05, 0) is 43.4 Å². The van der Waals surface area contributed by atoms with E-state index in [1.54, 1.807) is 24.8 Å². The fraction of sp³-hybridized carbons (Fsp3) is 0.444. The average molecular weight is 325 g/mol. The summed E-state index contributed by atoms with van der Waals surface area (Å²) in [6, 6.07) is 4.27. The molecule has 0 aliphatic carbocycles. The molecule has 0 spiro atoms. The number of pyridine rings is 1. The Labute approximate surface area is 142 Å². The van der Waals surface area contributed by atoms with Crippen LogP contribution in [-0.4, -0.2) is 33.4 Å². The van der Waals surface area contributed by atoms with Crippen LogP contribution in [-0.2, 0) is 6.54 Å². The Hall–Kier alpha value is -2.50. The molecule has 0 radical (unpaired) electrons. The van der Waals surface area contributed by atoms with E-state index in [1.165, 1.54) is 19.3 Å². The molecule has 1 fully saturated rings. The van der Waals surface area contributed by atoms with Gasteiger partial charge in [-0.2, -0.15) is 0 Å². The monoisotopic (exact) mass is 325 g/mol. The molecule has 0 aromatic carbocycles. The van der Waals surface area contributed by atoms with Gasteiger partial charge in [0.25, 0.3) is 5.91 Å². The number of anilines is 1. The summed E-state index contributed by atoms with van der Waals surface area (Å²) in [7, 11) is 0. The lowest BCUT2D eigenvalue weighted by molar-refractivity contribution is 0.0945. The van der Waals surface area contributed by atoms with Crippen molar-refractivity contribution in [3.63, 3.8) is 0 Å². The first kappa shape index (κ1) is 16.4. The van der Waals surface area contributed by atoms with Gasteiger partial charge in [0.2, 0.25) is 0 Å². The van der Waals surface area contributed by atoms with Crippen LogP contribution in [0.3, 0.4) is 0 Å². The van der Waals surface area contributed by atoms with E-state index in [0.717, 1.165) is 24.3 Å². The number of nitrogens with one attached hydrogen (secondary N) is 1. The van der Waals surface area contributed by atoms with Gasteiger partial charge in [-0.25, -0.2) is 9.97 Å². The molecule has 2 aromatic rings. The molecule has 1 aliphatic rings. The minimum absolute atomic E-state index is 0.212. The quantitative estimate of drug-likeness (QED) is 0.915. The molecule has 1 atom stereocenters. The van der Waals surface area contributed by atoms with Gasteiger partial charge in [-0.3, -0.25) is 9.78 Å². The van der Waals surface area contributed by atoms with Crippen molar-refractivity contribution < 1.29 is 4.79 Å². The van der Waals surface area contributed by atoms with Crippen LogP contribution in [0.2, 0.25) is 0 Å². The Morgan fingerprint density at radius 1 is 1.25 bits per heavy atom. The lowest BCUT2D eigenvalue weighted by Gasteiger charge is -2.35. The van der Waals surface area contributed by atoms with Crippen LogP contribution >= 0.6 is 0 Å². The Balaban J connectivity index is 1.62. The second kappa shape index (κ2) is 7.86. The smallest absolute Gasteiger partial charge is 0.271 e. The number of carbonyl (C=O) groups excluding carboxylic acids is 1. The average Bonchev–Trinajstić information content (AvgIpc) is 2.67. The molecule has 24 heavy (non-hydrogen) atoms. The number of piperidine rings is 1. The fourth-order valence-corrected chi connectivity index (χ4v) is 3.09. The summed E-state index contributed by atoms with van der Waals surface area (Å²) in [6.07, 6.45) is 11.5. The largest absolute Gasteiger partial charge is 0.352 e. The minimum atomic E-state index is -0.212. The van der Waals surface area contributed by atoms with Crippen molar-refractivity contribution in [2.24, 2.45) is 0 Å². The second-order valence-electron chi connectivity index (χ2n) is 6.05. The van der Waals surface area contributed by atoms with Gasteiger partial charge in [0, 0.05) is 31.5 Å². The lowest BCUT2D eigenvalue weighted by Crippen LogP contribution is -2.39. The van der Waals surface area contributed by atoms with Crippen LogP contribution in [0.1, 0.15) is 48.7 Å². The first-order valence-corrected chi connectivity index (χ1v) is 8.53.